The molecule has 1 aromatic heterocycles. The zero-order valence-corrected chi connectivity index (χ0v) is 9.96. The fraction of sp³-hybridized carbons (Fsp3) is 0.417. The van der Waals surface area contributed by atoms with Gasteiger partial charge in [0.1, 0.15) is 5.82 Å². The Balaban J connectivity index is 2.04. The number of hydrogen-bond acceptors (Lipinski definition) is 3. The number of nitrogens with zero attached hydrogens (tertiary/aromatic N) is 1. The fourth-order valence-corrected chi connectivity index (χ4v) is 1.65. The van der Waals surface area contributed by atoms with Gasteiger partial charge in [0.25, 0.3) is 0 Å². The smallest absolute Gasteiger partial charge is 0.201 e. The van der Waals surface area contributed by atoms with Gasteiger partial charge < -0.3 is 15.0 Å². The second-order valence-electron chi connectivity index (χ2n) is 3.89. The monoisotopic (exact) mass is 237 g/mol. The minimum absolute atomic E-state index is 0.116. The van der Waals surface area contributed by atoms with E-state index in [0.717, 1.165) is 5.52 Å². The van der Waals surface area contributed by atoms with Crippen LogP contribution in [0.3, 0.4) is 0 Å². The molecule has 0 spiro atoms. The number of aromatic amines is 1. The van der Waals surface area contributed by atoms with E-state index in [2.05, 4.69) is 15.3 Å². The molecule has 1 unspecified atom stereocenters. The van der Waals surface area contributed by atoms with E-state index in [1.54, 1.807) is 6.07 Å². The Hall–Kier alpha value is -1.62. The molecule has 0 aliphatic carbocycles. The first-order valence-electron chi connectivity index (χ1n) is 5.69. The number of halogens is 1. The lowest BCUT2D eigenvalue weighted by Crippen LogP contribution is -2.20. The van der Waals surface area contributed by atoms with Crippen molar-refractivity contribution < 1.29 is 9.13 Å². The number of benzene rings is 1. The molecule has 2 aromatic rings. The fourth-order valence-electron chi connectivity index (χ4n) is 1.65. The van der Waals surface area contributed by atoms with Crippen molar-refractivity contribution in [3.63, 3.8) is 0 Å². The van der Waals surface area contributed by atoms with Crippen molar-refractivity contribution >= 4 is 17.0 Å². The van der Waals surface area contributed by atoms with Crippen molar-refractivity contribution in [1.82, 2.24) is 9.97 Å². The quantitative estimate of drug-likeness (QED) is 0.840. The highest BCUT2D eigenvalue weighted by molar-refractivity contribution is 5.77. The number of fused-ring (bicyclic) bond motifs is 1. The normalized spacial score (nSPS) is 12.9. The first-order chi connectivity index (χ1) is 8.19. The van der Waals surface area contributed by atoms with Crippen molar-refractivity contribution in [2.75, 3.05) is 18.5 Å². The van der Waals surface area contributed by atoms with E-state index in [4.69, 9.17) is 4.74 Å². The topological polar surface area (TPSA) is 49.9 Å². The molecule has 0 saturated heterocycles. The summed E-state index contributed by atoms with van der Waals surface area (Å²) in [5.74, 6) is 0.368. The third-order valence-corrected chi connectivity index (χ3v) is 2.45. The Bertz CT molecular complexity index is 497. The number of nitrogens with one attached hydrogen (secondary N) is 2. The average Bonchev–Trinajstić information content (AvgIpc) is 2.68. The summed E-state index contributed by atoms with van der Waals surface area (Å²) in [5, 5.41) is 3.12. The summed E-state index contributed by atoms with van der Waals surface area (Å²) in [5.41, 5.74) is 1.44. The summed E-state index contributed by atoms with van der Waals surface area (Å²) in [6.07, 6.45) is 0.116. The molecule has 0 bridgehead atoms. The van der Waals surface area contributed by atoms with E-state index in [1.807, 2.05) is 13.8 Å². The highest BCUT2D eigenvalue weighted by Crippen LogP contribution is 2.15. The number of ether oxygens (including phenoxy) is 1. The molecule has 2 rings (SSSR count). The zero-order chi connectivity index (χ0) is 12.3. The van der Waals surface area contributed by atoms with E-state index in [1.165, 1.54) is 12.1 Å². The van der Waals surface area contributed by atoms with Crippen LogP contribution in [-0.2, 0) is 4.74 Å². The third kappa shape index (κ3) is 2.94. The van der Waals surface area contributed by atoms with Crippen molar-refractivity contribution in [3.05, 3.63) is 24.0 Å². The van der Waals surface area contributed by atoms with E-state index in [9.17, 15) is 4.39 Å². The summed E-state index contributed by atoms with van der Waals surface area (Å²) < 4.78 is 18.4. The molecule has 0 saturated carbocycles. The molecule has 0 amide bonds. The van der Waals surface area contributed by atoms with Gasteiger partial charge in [0, 0.05) is 13.2 Å². The first-order valence-corrected chi connectivity index (χ1v) is 5.69. The van der Waals surface area contributed by atoms with Crippen LogP contribution in [0.2, 0.25) is 0 Å². The highest BCUT2D eigenvalue weighted by Gasteiger charge is 2.05. The maximum absolute atomic E-state index is 13.0. The molecule has 0 fully saturated rings. The molecule has 1 heterocycles. The van der Waals surface area contributed by atoms with Crippen molar-refractivity contribution in [2.45, 2.75) is 20.0 Å². The lowest BCUT2D eigenvalue weighted by atomic mass is 10.3. The number of aromatic nitrogens is 2. The molecule has 0 aliphatic rings. The molecule has 1 aromatic carbocycles. The van der Waals surface area contributed by atoms with Crippen molar-refractivity contribution in [1.29, 1.82) is 0 Å². The van der Waals surface area contributed by atoms with Gasteiger partial charge >= 0.3 is 0 Å². The number of rotatable bonds is 5. The largest absolute Gasteiger partial charge is 0.377 e. The second kappa shape index (κ2) is 5.14. The molecule has 1 atom stereocenters. The lowest BCUT2D eigenvalue weighted by Gasteiger charge is -2.11. The van der Waals surface area contributed by atoms with Crippen LogP contribution < -0.4 is 5.32 Å². The average molecular weight is 237 g/mol. The second-order valence-corrected chi connectivity index (χ2v) is 3.89. The van der Waals surface area contributed by atoms with Gasteiger partial charge in [0.05, 0.1) is 17.1 Å². The first kappa shape index (κ1) is 11.9. The number of imidazole rings is 1. The molecule has 0 aliphatic heterocycles. The van der Waals surface area contributed by atoms with E-state index in [0.29, 0.717) is 24.6 Å². The molecular formula is C12H16FN3O. The summed E-state index contributed by atoms with van der Waals surface area (Å²) in [7, 11) is 0. The number of anilines is 1. The van der Waals surface area contributed by atoms with Crippen LogP contribution in [0.25, 0.3) is 11.0 Å². The third-order valence-electron chi connectivity index (χ3n) is 2.45. The minimum Gasteiger partial charge on any atom is -0.377 e. The van der Waals surface area contributed by atoms with Crippen LogP contribution in [0.5, 0.6) is 0 Å². The van der Waals surface area contributed by atoms with Crippen molar-refractivity contribution in [3.8, 4) is 0 Å². The molecule has 2 N–H and O–H groups in total. The van der Waals surface area contributed by atoms with Crippen LogP contribution in [0, 0.1) is 5.82 Å². The number of hydrogen-bond donors (Lipinski definition) is 2. The van der Waals surface area contributed by atoms with Crippen LogP contribution in [-0.4, -0.2) is 29.2 Å². The van der Waals surface area contributed by atoms with E-state index >= 15 is 0 Å². The molecule has 5 heteroatoms. The SMILES string of the molecule is CCOC(C)CNc1nc2ccc(F)cc2[nH]1. The Morgan fingerprint density at radius 1 is 1.53 bits per heavy atom. The lowest BCUT2D eigenvalue weighted by molar-refractivity contribution is 0.0854. The molecule has 17 heavy (non-hydrogen) atoms. The zero-order valence-electron chi connectivity index (χ0n) is 9.96. The summed E-state index contributed by atoms with van der Waals surface area (Å²) in [4.78, 5) is 7.31. The van der Waals surface area contributed by atoms with Crippen LogP contribution in [0.1, 0.15) is 13.8 Å². The predicted molar refractivity (Wildman–Crippen MR) is 65.6 cm³/mol. The molecule has 0 radical (unpaired) electrons. The molecule has 92 valence electrons. The summed E-state index contributed by atoms with van der Waals surface area (Å²) >= 11 is 0. The van der Waals surface area contributed by atoms with Gasteiger partial charge in [-0.2, -0.15) is 0 Å². The van der Waals surface area contributed by atoms with Crippen LogP contribution in [0.15, 0.2) is 18.2 Å². The van der Waals surface area contributed by atoms with Gasteiger partial charge in [-0.15, -0.1) is 0 Å². The number of H-pyrrole nitrogens is 1. The van der Waals surface area contributed by atoms with Crippen molar-refractivity contribution in [2.24, 2.45) is 0 Å². The van der Waals surface area contributed by atoms with E-state index < -0.39 is 0 Å². The Morgan fingerprint density at radius 3 is 3.12 bits per heavy atom. The molecular weight excluding hydrogens is 221 g/mol. The standard InChI is InChI=1S/C12H16FN3O/c1-3-17-8(2)7-14-12-15-10-5-4-9(13)6-11(10)16-12/h4-6,8H,3,7H2,1-2H3,(H2,14,15,16). The van der Waals surface area contributed by atoms with Gasteiger partial charge in [0.15, 0.2) is 0 Å². The summed E-state index contributed by atoms with van der Waals surface area (Å²) in [6, 6.07) is 4.48. The Kier molecular flexibility index (Phi) is 3.58. The minimum atomic E-state index is -0.268. The maximum Gasteiger partial charge on any atom is 0.201 e. The van der Waals surface area contributed by atoms with Crippen LogP contribution >= 0.6 is 0 Å². The summed E-state index contributed by atoms with van der Waals surface area (Å²) in [6.45, 7) is 5.30. The Labute approximate surface area is 99.2 Å². The maximum atomic E-state index is 13.0. The highest BCUT2D eigenvalue weighted by atomic mass is 19.1. The van der Waals surface area contributed by atoms with Gasteiger partial charge in [-0.05, 0) is 32.0 Å². The van der Waals surface area contributed by atoms with E-state index in [-0.39, 0.29) is 11.9 Å². The van der Waals surface area contributed by atoms with Gasteiger partial charge in [-0.3, -0.25) is 0 Å². The van der Waals surface area contributed by atoms with Gasteiger partial charge in [0.2, 0.25) is 5.95 Å². The predicted octanol–water partition coefficient (Wildman–Crippen LogP) is 2.54. The van der Waals surface area contributed by atoms with Crippen LogP contribution in [0.4, 0.5) is 10.3 Å². The Morgan fingerprint density at radius 2 is 2.35 bits per heavy atom. The van der Waals surface area contributed by atoms with Gasteiger partial charge in [-0.1, -0.05) is 0 Å². The molecule has 4 nitrogen and oxygen atoms in total. The van der Waals surface area contributed by atoms with Gasteiger partial charge in [-0.25, -0.2) is 9.37 Å².